The highest BCUT2D eigenvalue weighted by Crippen LogP contribution is 1.52. The lowest BCUT2D eigenvalue weighted by Gasteiger charge is -1.76. The van der Waals surface area contributed by atoms with Crippen LogP contribution >= 0.6 is 0 Å². The molecule has 0 aromatic rings. The van der Waals surface area contributed by atoms with Gasteiger partial charge in [-0.3, -0.25) is 0 Å². The molecule has 0 aromatic carbocycles. The lowest BCUT2D eigenvalue weighted by atomic mass is 10.9. The summed E-state index contributed by atoms with van der Waals surface area (Å²) in [6, 6.07) is 0. The Morgan fingerprint density at radius 1 is 1.38 bits per heavy atom. The van der Waals surface area contributed by atoms with E-state index in [2.05, 4.69) is 4.74 Å². The third-order valence-corrected chi connectivity index (χ3v) is 0.289. The molecule has 0 saturated heterocycles. The third kappa shape index (κ3) is 348. The van der Waals surface area contributed by atoms with Crippen molar-refractivity contribution in [2.75, 3.05) is 13.7 Å². The number of methoxy groups -OCH3 is 1. The lowest BCUT2D eigenvalue weighted by molar-refractivity contribution is 0.215. The zero-order chi connectivity index (χ0) is 6.99. The molecule has 4 nitrogen and oxygen atoms in total. The molecule has 5 heteroatoms. The molecule has 8 heavy (non-hydrogen) atoms. The van der Waals surface area contributed by atoms with Crippen LogP contribution in [0.25, 0.3) is 0 Å². The Morgan fingerprint density at radius 3 is 1.50 bits per heavy atom. The normalized spacial score (nSPS) is 6.75. The fourth-order valence-electron chi connectivity index (χ4n) is 0. The molecule has 0 saturated carbocycles. The van der Waals surface area contributed by atoms with Crippen molar-refractivity contribution in [3.8, 4) is 0 Å². The fourth-order valence-corrected chi connectivity index (χ4v) is 0. The molecular formula is C3H8O4S. The molecule has 0 aromatic heterocycles. The quantitative estimate of drug-likeness (QED) is 0.499. The molecule has 0 fully saturated rings. The van der Waals surface area contributed by atoms with E-state index in [0.717, 1.165) is 6.61 Å². The smallest absolute Gasteiger partial charge is 0.385 e. The molecule has 0 aliphatic carbocycles. The van der Waals surface area contributed by atoms with E-state index in [4.69, 9.17) is 12.6 Å². The summed E-state index contributed by atoms with van der Waals surface area (Å²) >= 11 is 0. The van der Waals surface area contributed by atoms with Crippen LogP contribution in [0.2, 0.25) is 0 Å². The molecular weight excluding hydrogens is 132 g/mol. The standard InChI is InChI=1S/C3H8O.O3S/c1-3-4-2;1-4(2)3/h3H2,1-2H3;. The Morgan fingerprint density at radius 2 is 1.50 bits per heavy atom. The minimum absolute atomic E-state index is 0.819. The van der Waals surface area contributed by atoms with Crippen molar-refractivity contribution in [3.05, 3.63) is 0 Å². The van der Waals surface area contributed by atoms with E-state index in [0.29, 0.717) is 0 Å². The van der Waals surface area contributed by atoms with Gasteiger partial charge in [-0.1, -0.05) is 0 Å². The van der Waals surface area contributed by atoms with Gasteiger partial charge in [0.1, 0.15) is 0 Å². The molecule has 0 rings (SSSR count). The molecule has 50 valence electrons. The van der Waals surface area contributed by atoms with Crippen molar-refractivity contribution in [1.29, 1.82) is 0 Å². The van der Waals surface area contributed by atoms with Crippen molar-refractivity contribution in [3.63, 3.8) is 0 Å². The second-order valence-electron chi connectivity index (χ2n) is 0.781. The van der Waals surface area contributed by atoms with E-state index in [-0.39, 0.29) is 0 Å². The van der Waals surface area contributed by atoms with Crippen LogP contribution in [0.1, 0.15) is 6.92 Å². The summed E-state index contributed by atoms with van der Waals surface area (Å²) in [5, 5.41) is 0. The lowest BCUT2D eigenvalue weighted by Crippen LogP contribution is -1.73. The second kappa shape index (κ2) is 9.77. The SMILES string of the molecule is CCOC.O=S(=O)=O. The van der Waals surface area contributed by atoms with Crippen molar-refractivity contribution < 1.29 is 17.4 Å². The molecule has 0 N–H and O–H groups in total. The second-order valence-corrected chi connectivity index (χ2v) is 1.19. The molecule has 0 bridgehead atoms. The summed E-state index contributed by atoms with van der Waals surface area (Å²) in [7, 11) is -1.43. The van der Waals surface area contributed by atoms with Crippen LogP contribution in [-0.4, -0.2) is 26.3 Å². The van der Waals surface area contributed by atoms with Crippen LogP contribution < -0.4 is 0 Å². The minimum atomic E-state index is -3.11. The van der Waals surface area contributed by atoms with Gasteiger partial charge in [-0.25, -0.2) is 0 Å². The van der Waals surface area contributed by atoms with E-state index in [9.17, 15) is 0 Å². The van der Waals surface area contributed by atoms with Gasteiger partial charge in [-0.05, 0) is 6.92 Å². The summed E-state index contributed by atoms with van der Waals surface area (Å²) in [5.41, 5.74) is 0. The number of rotatable bonds is 1. The minimum Gasteiger partial charge on any atom is -0.385 e. The first-order chi connectivity index (χ1) is 3.65. The summed E-state index contributed by atoms with van der Waals surface area (Å²) in [5.74, 6) is 0. The van der Waals surface area contributed by atoms with Crippen molar-refractivity contribution in [2.45, 2.75) is 6.92 Å². The third-order valence-electron chi connectivity index (χ3n) is 0.289. The first kappa shape index (κ1) is 10.5. The molecule has 0 amide bonds. The highest BCUT2D eigenvalue weighted by Gasteiger charge is 1.51. The fraction of sp³-hybridized carbons (Fsp3) is 1.00. The van der Waals surface area contributed by atoms with Gasteiger partial charge in [-0.2, -0.15) is 0 Å². The Hall–Kier alpha value is -0.420. The van der Waals surface area contributed by atoms with E-state index in [1.165, 1.54) is 0 Å². The van der Waals surface area contributed by atoms with Gasteiger partial charge >= 0.3 is 10.6 Å². The molecule has 0 atom stereocenters. The van der Waals surface area contributed by atoms with Gasteiger partial charge < -0.3 is 4.74 Å². The Bertz CT molecular complexity index is 100. The highest BCUT2D eigenvalue weighted by molar-refractivity contribution is 7.59. The summed E-state index contributed by atoms with van der Waals surface area (Å²) in [6.07, 6.45) is 0. The van der Waals surface area contributed by atoms with Gasteiger partial charge in [0.15, 0.2) is 0 Å². The molecule has 0 radical (unpaired) electrons. The van der Waals surface area contributed by atoms with E-state index in [1.807, 2.05) is 6.92 Å². The van der Waals surface area contributed by atoms with E-state index < -0.39 is 10.6 Å². The molecule has 0 spiro atoms. The van der Waals surface area contributed by atoms with Crippen LogP contribution in [0.15, 0.2) is 0 Å². The van der Waals surface area contributed by atoms with E-state index >= 15 is 0 Å². The maximum absolute atomic E-state index is 8.44. The summed E-state index contributed by atoms with van der Waals surface area (Å²) < 4.78 is 29.9. The first-order valence-electron chi connectivity index (χ1n) is 1.90. The summed E-state index contributed by atoms with van der Waals surface area (Å²) in [6.45, 7) is 2.78. The number of ether oxygens (including phenoxy) is 1. The Balaban J connectivity index is 0. The van der Waals surface area contributed by atoms with Crippen molar-refractivity contribution in [2.24, 2.45) is 0 Å². The Labute approximate surface area is 49.5 Å². The van der Waals surface area contributed by atoms with Crippen molar-refractivity contribution in [1.82, 2.24) is 0 Å². The monoisotopic (exact) mass is 140 g/mol. The molecule has 0 heterocycles. The molecule has 0 unspecified atom stereocenters. The predicted molar refractivity (Wildman–Crippen MR) is 27.2 cm³/mol. The van der Waals surface area contributed by atoms with Crippen LogP contribution in [0.5, 0.6) is 0 Å². The van der Waals surface area contributed by atoms with E-state index in [1.54, 1.807) is 7.11 Å². The van der Waals surface area contributed by atoms with Gasteiger partial charge in [0.25, 0.3) is 0 Å². The van der Waals surface area contributed by atoms with Crippen LogP contribution in [0.3, 0.4) is 0 Å². The zero-order valence-corrected chi connectivity index (χ0v) is 5.56. The highest BCUT2D eigenvalue weighted by atomic mass is 32.2. The van der Waals surface area contributed by atoms with Crippen LogP contribution in [-0.2, 0) is 15.3 Å². The number of hydrogen-bond acceptors (Lipinski definition) is 4. The maximum atomic E-state index is 8.44. The van der Waals surface area contributed by atoms with Crippen LogP contribution in [0.4, 0.5) is 0 Å². The van der Waals surface area contributed by atoms with Gasteiger partial charge in [-0.15, -0.1) is 12.6 Å². The zero-order valence-electron chi connectivity index (χ0n) is 4.75. The molecule has 0 aliphatic heterocycles. The first-order valence-corrected chi connectivity index (χ1v) is 2.90. The average Bonchev–Trinajstić information content (AvgIpc) is 1.65. The number of hydrogen-bond donors (Lipinski definition) is 0. The van der Waals surface area contributed by atoms with Gasteiger partial charge in [0, 0.05) is 13.7 Å². The van der Waals surface area contributed by atoms with Gasteiger partial charge in [0.2, 0.25) is 0 Å². The topological polar surface area (TPSA) is 60.4 Å². The Kier molecular flexibility index (Phi) is 12.9. The largest absolute Gasteiger partial charge is 0.425 e. The predicted octanol–water partition coefficient (Wildman–Crippen LogP) is -0.351. The van der Waals surface area contributed by atoms with Crippen molar-refractivity contribution >= 4 is 10.6 Å². The van der Waals surface area contributed by atoms with Gasteiger partial charge in [0.05, 0.1) is 0 Å². The average molecular weight is 140 g/mol. The summed E-state index contributed by atoms with van der Waals surface area (Å²) in [4.78, 5) is 0. The molecule has 0 aliphatic rings. The van der Waals surface area contributed by atoms with Crippen LogP contribution in [0, 0.1) is 0 Å². The maximum Gasteiger partial charge on any atom is 0.425 e.